The Morgan fingerprint density at radius 3 is 2.27 bits per heavy atom. The first-order valence-corrected chi connectivity index (χ1v) is 10.6. The molecule has 0 saturated carbocycles. The third-order valence-corrected chi connectivity index (χ3v) is 5.46. The van der Waals surface area contributed by atoms with Gasteiger partial charge in [-0.3, -0.25) is 4.99 Å². The quantitative estimate of drug-likeness (QED) is 0.704. The van der Waals surface area contributed by atoms with E-state index < -0.39 is 0 Å². The van der Waals surface area contributed by atoms with E-state index in [1.54, 1.807) is 0 Å². The van der Waals surface area contributed by atoms with Crippen LogP contribution in [0.15, 0.2) is 102 Å². The molecule has 4 rings (SSSR count). The molecule has 0 spiro atoms. The normalized spacial score (nSPS) is 17.2. The van der Waals surface area contributed by atoms with Crippen molar-refractivity contribution < 1.29 is 0 Å². The number of rotatable bonds is 7. The first-order chi connectivity index (χ1) is 14.7. The second-order valence-corrected chi connectivity index (χ2v) is 7.54. The molecule has 2 heterocycles. The SMILES string of the molecule is C=C(NCc1ccccc1)C1CCCN1C(=C)C1=CN=CC1.NCc1ccccc1. The smallest absolute Gasteiger partial charge is 0.0682 e. The molecule has 0 aromatic heterocycles. The molecule has 2 aliphatic rings. The number of allylic oxidation sites excluding steroid dienone is 1. The lowest BCUT2D eigenvalue weighted by molar-refractivity contribution is 0.349. The van der Waals surface area contributed by atoms with Crippen LogP contribution in [-0.4, -0.2) is 23.7 Å². The minimum atomic E-state index is 0.331. The molecule has 0 amide bonds. The van der Waals surface area contributed by atoms with E-state index in [1.165, 1.54) is 23.1 Å². The number of nitrogens with zero attached hydrogens (tertiary/aromatic N) is 2. The van der Waals surface area contributed by atoms with Gasteiger partial charge in [0, 0.05) is 49.9 Å². The third-order valence-electron chi connectivity index (χ3n) is 5.46. The minimum Gasteiger partial charge on any atom is -0.383 e. The molecule has 4 nitrogen and oxygen atoms in total. The summed E-state index contributed by atoms with van der Waals surface area (Å²) in [5, 5.41) is 3.49. The van der Waals surface area contributed by atoms with Gasteiger partial charge in [-0.05, 0) is 29.5 Å². The zero-order chi connectivity index (χ0) is 21.2. The summed E-state index contributed by atoms with van der Waals surface area (Å²) >= 11 is 0. The number of benzene rings is 2. The predicted molar refractivity (Wildman–Crippen MR) is 127 cm³/mol. The molecule has 0 aliphatic carbocycles. The Hall–Kier alpha value is -3.11. The van der Waals surface area contributed by atoms with Gasteiger partial charge >= 0.3 is 0 Å². The van der Waals surface area contributed by atoms with E-state index in [9.17, 15) is 0 Å². The van der Waals surface area contributed by atoms with Crippen LogP contribution in [0.1, 0.15) is 30.4 Å². The summed E-state index contributed by atoms with van der Waals surface area (Å²) in [5.74, 6) is 0. The summed E-state index contributed by atoms with van der Waals surface area (Å²) in [4.78, 5) is 6.57. The van der Waals surface area contributed by atoms with Crippen molar-refractivity contribution in [1.29, 1.82) is 0 Å². The van der Waals surface area contributed by atoms with E-state index >= 15 is 0 Å². The molecule has 2 aromatic carbocycles. The number of likely N-dealkylation sites (tertiary alicyclic amines) is 1. The van der Waals surface area contributed by atoms with Gasteiger partial charge in [-0.15, -0.1) is 0 Å². The lowest BCUT2D eigenvalue weighted by atomic mass is 10.1. The summed E-state index contributed by atoms with van der Waals surface area (Å²) in [5.41, 5.74) is 11.2. The second kappa shape index (κ2) is 11.2. The van der Waals surface area contributed by atoms with Crippen molar-refractivity contribution in [2.75, 3.05) is 6.54 Å². The number of hydrogen-bond acceptors (Lipinski definition) is 4. The molecule has 30 heavy (non-hydrogen) atoms. The zero-order valence-corrected chi connectivity index (χ0v) is 17.6. The van der Waals surface area contributed by atoms with Gasteiger partial charge in [0.25, 0.3) is 0 Å². The Morgan fingerprint density at radius 2 is 1.70 bits per heavy atom. The predicted octanol–water partition coefficient (Wildman–Crippen LogP) is 4.77. The van der Waals surface area contributed by atoms with Crippen LogP contribution in [0.3, 0.4) is 0 Å². The van der Waals surface area contributed by atoms with Crippen molar-refractivity contribution in [2.24, 2.45) is 10.7 Å². The van der Waals surface area contributed by atoms with E-state index in [0.29, 0.717) is 12.6 Å². The molecule has 1 saturated heterocycles. The Balaban J connectivity index is 0.000000269. The van der Waals surface area contributed by atoms with Gasteiger partial charge in [0.2, 0.25) is 0 Å². The number of aliphatic imine (C=N–C) groups is 1. The average molecular weight is 401 g/mol. The Morgan fingerprint density at radius 1 is 1.03 bits per heavy atom. The minimum absolute atomic E-state index is 0.331. The van der Waals surface area contributed by atoms with Crippen molar-refractivity contribution in [3.05, 3.63) is 108 Å². The molecule has 4 heteroatoms. The van der Waals surface area contributed by atoms with E-state index in [4.69, 9.17) is 5.73 Å². The summed E-state index contributed by atoms with van der Waals surface area (Å²) in [6.45, 7) is 11.1. The second-order valence-electron chi connectivity index (χ2n) is 7.54. The van der Waals surface area contributed by atoms with Crippen molar-refractivity contribution in [3.8, 4) is 0 Å². The van der Waals surface area contributed by atoms with Crippen LogP contribution in [0.25, 0.3) is 0 Å². The Bertz CT molecular complexity index is 884. The third kappa shape index (κ3) is 5.94. The van der Waals surface area contributed by atoms with E-state index in [0.717, 1.165) is 37.3 Å². The number of nitrogens with one attached hydrogen (secondary N) is 1. The topological polar surface area (TPSA) is 53.6 Å². The van der Waals surface area contributed by atoms with Gasteiger partial charge in [-0.2, -0.15) is 0 Å². The maximum absolute atomic E-state index is 5.35. The van der Waals surface area contributed by atoms with E-state index in [1.807, 2.05) is 48.8 Å². The highest BCUT2D eigenvalue weighted by Crippen LogP contribution is 2.30. The van der Waals surface area contributed by atoms with Gasteiger partial charge in [0.1, 0.15) is 0 Å². The van der Waals surface area contributed by atoms with Crippen molar-refractivity contribution in [2.45, 2.75) is 38.4 Å². The highest BCUT2D eigenvalue weighted by Gasteiger charge is 2.29. The molecule has 2 aliphatic heterocycles. The highest BCUT2D eigenvalue weighted by molar-refractivity contribution is 5.68. The van der Waals surface area contributed by atoms with Crippen LogP contribution >= 0.6 is 0 Å². The van der Waals surface area contributed by atoms with E-state index in [2.05, 4.69) is 52.6 Å². The molecular formula is C26H32N4. The molecular weight excluding hydrogens is 368 g/mol. The molecule has 1 atom stereocenters. The molecule has 0 radical (unpaired) electrons. The van der Waals surface area contributed by atoms with Crippen LogP contribution in [0.4, 0.5) is 0 Å². The zero-order valence-electron chi connectivity index (χ0n) is 17.6. The van der Waals surface area contributed by atoms with Crippen molar-refractivity contribution in [3.63, 3.8) is 0 Å². The fraction of sp³-hybridized carbons (Fsp3) is 0.269. The van der Waals surface area contributed by atoms with Crippen molar-refractivity contribution in [1.82, 2.24) is 10.2 Å². The summed E-state index contributed by atoms with van der Waals surface area (Å²) in [7, 11) is 0. The molecule has 156 valence electrons. The molecule has 0 bridgehead atoms. The first-order valence-electron chi connectivity index (χ1n) is 10.6. The summed E-state index contributed by atoms with van der Waals surface area (Å²) in [6.07, 6.45) is 7.08. The fourth-order valence-corrected chi connectivity index (χ4v) is 3.72. The maximum atomic E-state index is 5.35. The summed E-state index contributed by atoms with van der Waals surface area (Å²) < 4.78 is 0. The van der Waals surface area contributed by atoms with Gasteiger partial charge in [0.15, 0.2) is 0 Å². The molecule has 1 unspecified atom stereocenters. The highest BCUT2D eigenvalue weighted by atomic mass is 15.2. The number of nitrogens with two attached hydrogens (primary N) is 1. The van der Waals surface area contributed by atoms with Gasteiger partial charge in [0.05, 0.1) is 6.04 Å². The average Bonchev–Trinajstić information content (AvgIpc) is 3.51. The van der Waals surface area contributed by atoms with Crippen LogP contribution < -0.4 is 11.1 Å². The van der Waals surface area contributed by atoms with Crippen molar-refractivity contribution >= 4 is 6.21 Å². The summed E-state index contributed by atoms with van der Waals surface area (Å²) in [6, 6.07) is 20.8. The van der Waals surface area contributed by atoms with Crippen LogP contribution in [0.5, 0.6) is 0 Å². The van der Waals surface area contributed by atoms with E-state index in [-0.39, 0.29) is 0 Å². The standard InChI is InChI=1S/C19H23N3.C7H9N/c1-15(21-13-17-7-4-3-5-8-17)19-9-6-12-22(19)16(2)18-10-11-20-14-18;8-6-7-4-2-1-3-5-7/h3-5,7-8,11,14,19,21H,1-2,6,9-10,12-13H2;1-5H,6,8H2. The lowest BCUT2D eigenvalue weighted by Crippen LogP contribution is -2.35. The largest absolute Gasteiger partial charge is 0.383 e. The maximum Gasteiger partial charge on any atom is 0.0682 e. The monoisotopic (exact) mass is 400 g/mol. The van der Waals surface area contributed by atoms with Gasteiger partial charge in [-0.25, -0.2) is 0 Å². The molecule has 2 aromatic rings. The molecule has 3 N–H and O–H groups in total. The van der Waals surface area contributed by atoms with Crippen LogP contribution in [-0.2, 0) is 13.1 Å². The van der Waals surface area contributed by atoms with Crippen LogP contribution in [0.2, 0.25) is 0 Å². The number of hydrogen-bond donors (Lipinski definition) is 2. The Kier molecular flexibility index (Phi) is 8.04. The fourth-order valence-electron chi connectivity index (χ4n) is 3.72. The van der Waals surface area contributed by atoms with Crippen LogP contribution in [0, 0.1) is 0 Å². The first kappa shape index (κ1) is 21.6. The Labute approximate surface area is 180 Å². The van der Waals surface area contributed by atoms with Gasteiger partial charge < -0.3 is 16.0 Å². The lowest BCUT2D eigenvalue weighted by Gasteiger charge is -2.31. The van der Waals surface area contributed by atoms with Gasteiger partial charge in [-0.1, -0.05) is 73.8 Å². The molecule has 1 fully saturated rings.